The maximum absolute atomic E-state index is 12.1. The van der Waals surface area contributed by atoms with E-state index in [1.54, 1.807) is 0 Å². The van der Waals surface area contributed by atoms with Gasteiger partial charge in [0.05, 0.1) is 7.11 Å². The van der Waals surface area contributed by atoms with Gasteiger partial charge in [-0.15, -0.1) is 0 Å². The summed E-state index contributed by atoms with van der Waals surface area (Å²) >= 11 is 5.73. The van der Waals surface area contributed by atoms with E-state index < -0.39 is 26.8 Å². The molecular weight excluding hydrogens is 324 g/mol. The van der Waals surface area contributed by atoms with Gasteiger partial charge < -0.3 is 15.6 Å². The minimum atomic E-state index is -4.11. The Morgan fingerprint density at radius 2 is 2.05 bits per heavy atom. The Morgan fingerprint density at radius 3 is 2.52 bits per heavy atom. The Hall–Kier alpha value is -1.84. The van der Waals surface area contributed by atoms with E-state index in [0.29, 0.717) is 0 Å². The van der Waals surface area contributed by atoms with Gasteiger partial charge in [-0.1, -0.05) is 11.6 Å². The van der Waals surface area contributed by atoms with E-state index in [-0.39, 0.29) is 29.3 Å². The Bertz CT molecular complexity index is 674. The van der Waals surface area contributed by atoms with Gasteiger partial charge in [0.25, 0.3) is 0 Å². The molecule has 0 fully saturated rings. The number of carbonyl (C=O) groups excluding carboxylic acids is 1. The largest absolute Gasteiger partial charge is 0.494 e. The third-order valence-corrected chi connectivity index (χ3v) is 4.09. The summed E-state index contributed by atoms with van der Waals surface area (Å²) in [6, 6.07) is 2.13. The summed E-state index contributed by atoms with van der Waals surface area (Å²) in [6.45, 7) is -0.226. The zero-order valence-electron chi connectivity index (χ0n) is 10.9. The summed E-state index contributed by atoms with van der Waals surface area (Å²) in [6.07, 6.45) is -0.200. The van der Waals surface area contributed by atoms with Crippen molar-refractivity contribution in [3.05, 3.63) is 22.7 Å². The highest BCUT2D eigenvalue weighted by atomic mass is 35.5. The topological polar surface area (TPSA) is 136 Å². The molecule has 4 N–H and O–H groups in total. The number of nitrogens with one attached hydrogen (secondary N) is 1. The highest BCUT2D eigenvalue weighted by Crippen LogP contribution is 2.31. The fourth-order valence-electron chi connectivity index (χ4n) is 1.52. The average Bonchev–Trinajstić information content (AvgIpc) is 2.36. The van der Waals surface area contributed by atoms with Crippen LogP contribution in [0.4, 0.5) is 0 Å². The number of aromatic carboxylic acids is 1. The van der Waals surface area contributed by atoms with Crippen LogP contribution in [-0.4, -0.2) is 39.1 Å². The van der Waals surface area contributed by atoms with Gasteiger partial charge in [0.1, 0.15) is 10.5 Å². The number of primary amides is 1. The van der Waals surface area contributed by atoms with Crippen molar-refractivity contribution in [3.63, 3.8) is 0 Å². The van der Waals surface area contributed by atoms with E-state index in [1.165, 1.54) is 0 Å². The second-order valence-electron chi connectivity index (χ2n) is 3.90. The fraction of sp³-hybridized carbons (Fsp3) is 0.273. The van der Waals surface area contributed by atoms with Crippen molar-refractivity contribution in [1.29, 1.82) is 0 Å². The third kappa shape index (κ3) is 4.31. The maximum atomic E-state index is 12.1. The predicted octanol–water partition coefficient (Wildman–Crippen LogP) is 0.201. The first-order chi connectivity index (χ1) is 9.69. The number of halogens is 1. The monoisotopic (exact) mass is 336 g/mol. The van der Waals surface area contributed by atoms with Crippen LogP contribution < -0.4 is 15.2 Å². The number of methoxy groups -OCH3 is 1. The first-order valence-electron chi connectivity index (χ1n) is 5.58. The Labute approximate surface area is 125 Å². The molecule has 21 heavy (non-hydrogen) atoms. The van der Waals surface area contributed by atoms with Crippen molar-refractivity contribution in [3.8, 4) is 5.75 Å². The van der Waals surface area contributed by atoms with Crippen molar-refractivity contribution in [2.45, 2.75) is 11.3 Å². The van der Waals surface area contributed by atoms with Gasteiger partial charge in [0, 0.05) is 18.0 Å². The van der Waals surface area contributed by atoms with Crippen LogP contribution in [0.2, 0.25) is 5.02 Å². The summed E-state index contributed by atoms with van der Waals surface area (Å²) < 4.78 is 31.2. The second-order valence-corrected chi connectivity index (χ2v) is 6.08. The summed E-state index contributed by atoms with van der Waals surface area (Å²) in [5.74, 6) is -2.41. The summed E-state index contributed by atoms with van der Waals surface area (Å²) in [5, 5.41) is 8.97. The van der Waals surface area contributed by atoms with Crippen molar-refractivity contribution in [2.75, 3.05) is 13.7 Å². The minimum Gasteiger partial charge on any atom is -0.494 e. The molecule has 1 aromatic carbocycles. The molecule has 8 nitrogen and oxygen atoms in total. The zero-order chi connectivity index (χ0) is 16.2. The lowest BCUT2D eigenvalue weighted by atomic mass is 10.2. The lowest BCUT2D eigenvalue weighted by Crippen LogP contribution is -2.28. The number of carboxylic acids is 1. The lowest BCUT2D eigenvalue weighted by Gasteiger charge is -2.13. The predicted molar refractivity (Wildman–Crippen MR) is 74.0 cm³/mol. The quantitative estimate of drug-likeness (QED) is 0.650. The Balaban J connectivity index is 3.28. The van der Waals surface area contributed by atoms with Crippen molar-refractivity contribution < 1.29 is 27.9 Å². The number of rotatable bonds is 7. The molecule has 0 spiro atoms. The second kappa shape index (κ2) is 6.74. The van der Waals surface area contributed by atoms with E-state index in [0.717, 1.165) is 19.2 Å². The number of nitrogens with two attached hydrogens (primary N) is 1. The number of ether oxygens (including phenoxy) is 1. The third-order valence-electron chi connectivity index (χ3n) is 2.41. The zero-order valence-corrected chi connectivity index (χ0v) is 12.5. The smallest absolute Gasteiger partial charge is 0.339 e. The van der Waals surface area contributed by atoms with Crippen LogP contribution in [0.5, 0.6) is 5.75 Å². The molecule has 0 bridgehead atoms. The first-order valence-corrected chi connectivity index (χ1v) is 7.44. The van der Waals surface area contributed by atoms with Gasteiger partial charge in [0.15, 0.2) is 5.75 Å². The van der Waals surface area contributed by atoms with Crippen molar-refractivity contribution in [2.24, 2.45) is 5.73 Å². The Kier molecular flexibility index (Phi) is 5.53. The molecule has 0 atom stereocenters. The molecule has 1 amide bonds. The fourth-order valence-corrected chi connectivity index (χ4v) is 3.05. The number of amides is 1. The van der Waals surface area contributed by atoms with E-state index in [9.17, 15) is 18.0 Å². The molecule has 116 valence electrons. The van der Waals surface area contributed by atoms with Crippen LogP contribution >= 0.6 is 11.6 Å². The van der Waals surface area contributed by atoms with Crippen molar-refractivity contribution >= 4 is 33.5 Å². The molecule has 0 aliphatic carbocycles. The SMILES string of the molecule is COc1c(C(=O)O)cc(Cl)cc1S(=O)(=O)NCCC(N)=O. The van der Waals surface area contributed by atoms with Crippen LogP contribution in [0.15, 0.2) is 17.0 Å². The molecule has 0 aliphatic rings. The van der Waals surface area contributed by atoms with Crippen LogP contribution in [-0.2, 0) is 14.8 Å². The number of carbonyl (C=O) groups is 2. The summed E-state index contributed by atoms with van der Waals surface area (Å²) in [4.78, 5) is 21.3. The van der Waals surface area contributed by atoms with Crippen molar-refractivity contribution in [1.82, 2.24) is 4.72 Å². The van der Waals surface area contributed by atoms with E-state index in [2.05, 4.69) is 4.72 Å². The number of benzene rings is 1. The van der Waals surface area contributed by atoms with E-state index >= 15 is 0 Å². The number of carboxylic acid groups (broad SMARTS) is 1. The molecule has 10 heteroatoms. The van der Waals surface area contributed by atoms with Gasteiger partial charge in [-0.3, -0.25) is 4.79 Å². The Morgan fingerprint density at radius 1 is 1.43 bits per heavy atom. The average molecular weight is 337 g/mol. The van der Waals surface area contributed by atoms with Gasteiger partial charge in [-0.2, -0.15) is 0 Å². The molecule has 0 radical (unpaired) electrons. The standard InChI is InChI=1S/C11H13ClN2O6S/c1-20-10-7(11(16)17)4-6(12)5-8(10)21(18,19)14-3-2-9(13)15/h4-5,14H,2-3H2,1H3,(H2,13,15)(H,16,17). The van der Waals surface area contributed by atoms with E-state index in [4.69, 9.17) is 27.2 Å². The molecule has 1 aromatic rings. The molecule has 0 aromatic heterocycles. The van der Waals surface area contributed by atoms with Crippen LogP contribution in [0.3, 0.4) is 0 Å². The van der Waals surface area contributed by atoms with E-state index in [1.807, 2.05) is 0 Å². The lowest BCUT2D eigenvalue weighted by molar-refractivity contribution is -0.117. The van der Waals surface area contributed by atoms with Gasteiger partial charge in [0.2, 0.25) is 15.9 Å². The van der Waals surface area contributed by atoms with Gasteiger partial charge >= 0.3 is 5.97 Å². The maximum Gasteiger partial charge on any atom is 0.339 e. The summed E-state index contributed by atoms with van der Waals surface area (Å²) in [5.41, 5.74) is 4.52. The van der Waals surface area contributed by atoms with Crippen LogP contribution in [0.1, 0.15) is 16.8 Å². The number of sulfonamides is 1. The molecule has 1 rings (SSSR count). The highest BCUT2D eigenvalue weighted by Gasteiger charge is 2.25. The molecular formula is C11H13ClN2O6S. The van der Waals surface area contributed by atoms with Gasteiger partial charge in [-0.25, -0.2) is 17.9 Å². The molecule has 0 saturated heterocycles. The molecule has 0 unspecified atom stereocenters. The molecule has 0 saturated carbocycles. The molecule has 0 heterocycles. The van der Waals surface area contributed by atoms with Crippen LogP contribution in [0, 0.1) is 0 Å². The summed E-state index contributed by atoms with van der Waals surface area (Å²) in [7, 11) is -2.97. The first kappa shape index (κ1) is 17.2. The normalized spacial score (nSPS) is 11.1. The minimum absolute atomic E-state index is 0.0801. The van der Waals surface area contributed by atoms with Gasteiger partial charge in [-0.05, 0) is 12.1 Å². The number of hydrogen-bond acceptors (Lipinski definition) is 5. The molecule has 0 aliphatic heterocycles. The van der Waals surface area contributed by atoms with Crippen LogP contribution in [0.25, 0.3) is 0 Å². The highest BCUT2D eigenvalue weighted by molar-refractivity contribution is 7.89. The number of hydrogen-bond donors (Lipinski definition) is 3.